The third-order valence-corrected chi connectivity index (χ3v) is 7.48. The standard InChI is InChI=1S/C24H21ClN2O7S/c1-14-11-16(23(28)26-18-6-3-15(4-7-18)24(29)30)12-19-22(14)34-10-9-27(19)35(31,32)21-13-17(25)5-8-20(21)33-2/h3-8,11-13H,9-10H2,1-2H3,(H,26,28)(H,29,30). The topological polar surface area (TPSA) is 122 Å². The van der Waals surface area contributed by atoms with Crippen LogP contribution >= 0.6 is 11.6 Å². The summed E-state index contributed by atoms with van der Waals surface area (Å²) in [6.45, 7) is 1.86. The van der Waals surface area contributed by atoms with Crippen LogP contribution in [0.25, 0.3) is 0 Å². The molecular weight excluding hydrogens is 496 g/mol. The highest BCUT2D eigenvalue weighted by molar-refractivity contribution is 7.93. The highest BCUT2D eigenvalue weighted by Gasteiger charge is 2.34. The van der Waals surface area contributed by atoms with Crippen LogP contribution in [0.15, 0.2) is 59.5 Å². The molecule has 2 N–H and O–H groups in total. The van der Waals surface area contributed by atoms with Gasteiger partial charge in [-0.2, -0.15) is 0 Å². The van der Waals surface area contributed by atoms with Gasteiger partial charge >= 0.3 is 5.97 Å². The molecule has 0 fully saturated rings. The van der Waals surface area contributed by atoms with Crippen LogP contribution in [0.5, 0.6) is 11.5 Å². The fraction of sp³-hybridized carbons (Fsp3) is 0.167. The highest BCUT2D eigenvalue weighted by atomic mass is 35.5. The summed E-state index contributed by atoms with van der Waals surface area (Å²) in [4.78, 5) is 23.9. The van der Waals surface area contributed by atoms with Gasteiger partial charge in [0.1, 0.15) is 23.0 Å². The van der Waals surface area contributed by atoms with Crippen molar-refractivity contribution in [3.05, 3.63) is 76.3 Å². The Labute approximate surface area is 206 Å². The highest BCUT2D eigenvalue weighted by Crippen LogP contribution is 2.40. The van der Waals surface area contributed by atoms with Gasteiger partial charge in [0, 0.05) is 16.3 Å². The monoisotopic (exact) mass is 516 g/mol. The number of rotatable bonds is 6. The van der Waals surface area contributed by atoms with Crippen LogP contribution < -0.4 is 19.1 Å². The van der Waals surface area contributed by atoms with E-state index >= 15 is 0 Å². The maximum Gasteiger partial charge on any atom is 0.335 e. The molecule has 1 amide bonds. The Kier molecular flexibility index (Phi) is 6.60. The number of carboxylic acids is 1. The van der Waals surface area contributed by atoms with E-state index in [4.69, 9.17) is 26.2 Å². The van der Waals surface area contributed by atoms with E-state index in [1.165, 1.54) is 59.9 Å². The van der Waals surface area contributed by atoms with Crippen LogP contribution in [-0.4, -0.2) is 45.7 Å². The summed E-state index contributed by atoms with van der Waals surface area (Å²) >= 11 is 6.07. The number of ether oxygens (including phenoxy) is 2. The van der Waals surface area contributed by atoms with Gasteiger partial charge in [-0.1, -0.05) is 11.6 Å². The molecule has 0 atom stereocenters. The van der Waals surface area contributed by atoms with Gasteiger partial charge in [0.25, 0.3) is 15.9 Å². The van der Waals surface area contributed by atoms with Gasteiger partial charge in [-0.15, -0.1) is 0 Å². The molecule has 0 bridgehead atoms. The zero-order chi connectivity index (χ0) is 25.3. The van der Waals surface area contributed by atoms with Crippen molar-refractivity contribution < 1.29 is 32.6 Å². The van der Waals surface area contributed by atoms with E-state index in [0.717, 1.165) is 0 Å². The number of carbonyl (C=O) groups is 2. The molecule has 3 aromatic carbocycles. The summed E-state index contributed by atoms with van der Waals surface area (Å²) in [5.74, 6) is -1.09. The number of sulfonamides is 1. The van der Waals surface area contributed by atoms with Gasteiger partial charge in [-0.05, 0) is 67.1 Å². The minimum absolute atomic E-state index is 0.0200. The molecule has 0 spiro atoms. The third kappa shape index (κ3) is 4.75. The van der Waals surface area contributed by atoms with E-state index in [9.17, 15) is 18.0 Å². The number of aromatic carboxylic acids is 1. The van der Waals surface area contributed by atoms with Crippen LogP contribution in [0.2, 0.25) is 5.02 Å². The lowest BCUT2D eigenvalue weighted by Gasteiger charge is -2.32. The number of anilines is 2. The number of carbonyl (C=O) groups excluding carboxylic acids is 1. The number of hydrogen-bond donors (Lipinski definition) is 2. The zero-order valence-corrected chi connectivity index (χ0v) is 20.3. The zero-order valence-electron chi connectivity index (χ0n) is 18.7. The molecule has 1 aliphatic heterocycles. The van der Waals surface area contributed by atoms with Crippen LogP contribution in [0.1, 0.15) is 26.3 Å². The molecule has 35 heavy (non-hydrogen) atoms. The summed E-state index contributed by atoms with van der Waals surface area (Å²) < 4.78 is 39.4. The van der Waals surface area contributed by atoms with Crippen LogP contribution in [0.3, 0.4) is 0 Å². The number of halogens is 1. The van der Waals surface area contributed by atoms with Crippen LogP contribution in [0.4, 0.5) is 11.4 Å². The number of carboxylic acid groups (broad SMARTS) is 1. The Balaban J connectivity index is 1.72. The molecule has 0 unspecified atom stereocenters. The average Bonchev–Trinajstić information content (AvgIpc) is 2.83. The van der Waals surface area contributed by atoms with E-state index in [1.807, 2.05) is 0 Å². The largest absolute Gasteiger partial charge is 0.495 e. The number of nitrogens with one attached hydrogen (secondary N) is 1. The molecule has 1 heterocycles. The maximum atomic E-state index is 13.6. The molecule has 4 rings (SSSR count). The predicted octanol–water partition coefficient (Wildman–Crippen LogP) is 4.20. The SMILES string of the molecule is COc1ccc(Cl)cc1S(=O)(=O)N1CCOc2c(C)cc(C(=O)Nc3ccc(C(=O)O)cc3)cc21. The first kappa shape index (κ1) is 24.4. The number of nitrogens with zero attached hydrogens (tertiary/aromatic N) is 1. The van der Waals surface area contributed by atoms with E-state index in [1.54, 1.807) is 13.0 Å². The number of aryl methyl sites for hydroxylation is 1. The molecule has 0 saturated carbocycles. The summed E-state index contributed by atoms with van der Waals surface area (Å²) in [5, 5.41) is 12.0. The minimum Gasteiger partial charge on any atom is -0.495 e. The second-order valence-electron chi connectivity index (χ2n) is 7.70. The average molecular weight is 517 g/mol. The Morgan fingerprint density at radius 1 is 1.09 bits per heavy atom. The van der Waals surface area contributed by atoms with E-state index in [0.29, 0.717) is 17.0 Å². The molecule has 11 heteroatoms. The van der Waals surface area contributed by atoms with E-state index < -0.39 is 21.9 Å². The summed E-state index contributed by atoms with van der Waals surface area (Å²) in [6.07, 6.45) is 0. The van der Waals surface area contributed by atoms with Crippen molar-refractivity contribution in [3.63, 3.8) is 0 Å². The molecule has 182 valence electrons. The summed E-state index contributed by atoms with van der Waals surface area (Å²) in [6, 6.07) is 13.0. The fourth-order valence-corrected chi connectivity index (χ4v) is 5.60. The number of amides is 1. The lowest BCUT2D eigenvalue weighted by molar-refractivity contribution is 0.0696. The first-order chi connectivity index (χ1) is 16.6. The van der Waals surface area contributed by atoms with Crippen molar-refractivity contribution in [1.82, 2.24) is 0 Å². The van der Waals surface area contributed by atoms with E-state index in [-0.39, 0.29) is 45.6 Å². The summed E-state index contributed by atoms with van der Waals surface area (Å²) in [7, 11) is -2.75. The van der Waals surface area contributed by atoms with Crippen molar-refractivity contribution in [1.29, 1.82) is 0 Å². The van der Waals surface area contributed by atoms with Gasteiger partial charge < -0.3 is 19.9 Å². The Morgan fingerprint density at radius 3 is 2.46 bits per heavy atom. The molecule has 0 saturated heterocycles. The van der Waals surface area contributed by atoms with Crippen molar-refractivity contribution in [3.8, 4) is 11.5 Å². The fourth-order valence-electron chi connectivity index (χ4n) is 3.73. The van der Waals surface area contributed by atoms with E-state index in [2.05, 4.69) is 5.32 Å². The van der Waals surface area contributed by atoms with Gasteiger partial charge in [0.15, 0.2) is 0 Å². The molecule has 0 aromatic heterocycles. The van der Waals surface area contributed by atoms with Crippen LogP contribution in [-0.2, 0) is 10.0 Å². The maximum absolute atomic E-state index is 13.6. The van der Waals surface area contributed by atoms with Gasteiger partial charge in [0.2, 0.25) is 0 Å². The second kappa shape index (κ2) is 9.47. The smallest absolute Gasteiger partial charge is 0.335 e. The number of benzene rings is 3. The van der Waals surface area contributed by atoms with Gasteiger partial charge in [0.05, 0.1) is 24.9 Å². The van der Waals surface area contributed by atoms with Crippen molar-refractivity contribution >= 4 is 44.9 Å². The lowest BCUT2D eigenvalue weighted by atomic mass is 10.1. The first-order valence-electron chi connectivity index (χ1n) is 10.4. The van der Waals surface area contributed by atoms with Crippen molar-refractivity contribution in [2.75, 3.05) is 29.9 Å². The minimum atomic E-state index is -4.12. The quantitative estimate of drug-likeness (QED) is 0.503. The predicted molar refractivity (Wildman–Crippen MR) is 131 cm³/mol. The van der Waals surface area contributed by atoms with Gasteiger partial charge in [-0.25, -0.2) is 13.2 Å². The molecule has 3 aromatic rings. The molecule has 9 nitrogen and oxygen atoms in total. The number of hydrogen-bond acceptors (Lipinski definition) is 6. The molecule has 0 aliphatic carbocycles. The summed E-state index contributed by atoms with van der Waals surface area (Å²) in [5.41, 5.74) is 1.46. The van der Waals surface area contributed by atoms with Crippen molar-refractivity contribution in [2.45, 2.75) is 11.8 Å². The Bertz CT molecular complexity index is 1420. The van der Waals surface area contributed by atoms with Gasteiger partial charge in [-0.3, -0.25) is 9.10 Å². The number of fused-ring (bicyclic) bond motifs is 1. The normalized spacial score (nSPS) is 12.9. The molecule has 1 aliphatic rings. The Morgan fingerprint density at radius 2 is 1.80 bits per heavy atom. The third-order valence-electron chi connectivity index (χ3n) is 5.41. The Hall–Kier alpha value is -3.76. The second-order valence-corrected chi connectivity index (χ2v) is 9.97. The number of methoxy groups -OCH3 is 1. The molecular formula is C24H21ClN2O7S. The lowest BCUT2D eigenvalue weighted by Crippen LogP contribution is -2.38. The van der Waals surface area contributed by atoms with Crippen molar-refractivity contribution in [2.24, 2.45) is 0 Å². The molecule has 0 radical (unpaired) electrons. The first-order valence-corrected chi connectivity index (χ1v) is 12.2. The van der Waals surface area contributed by atoms with Crippen LogP contribution in [0, 0.1) is 6.92 Å².